The number of carbonyl (C=O) groups is 1. The molecule has 0 bridgehead atoms. The molecular weight excluding hydrogens is 390 g/mol. The molecule has 0 aliphatic carbocycles. The molecule has 0 aromatic heterocycles. The van der Waals surface area contributed by atoms with E-state index in [1.165, 1.54) is 0 Å². The molecule has 6 heteroatoms. The first-order valence-electron chi connectivity index (χ1n) is 10.6. The lowest BCUT2D eigenvalue weighted by molar-refractivity contribution is -0.117. The van der Waals surface area contributed by atoms with E-state index in [4.69, 9.17) is 9.47 Å². The van der Waals surface area contributed by atoms with E-state index in [0.29, 0.717) is 6.54 Å². The van der Waals surface area contributed by atoms with Crippen molar-refractivity contribution in [3.63, 3.8) is 0 Å². The number of nitrogens with one attached hydrogen (secondary N) is 1. The van der Waals surface area contributed by atoms with Crippen molar-refractivity contribution in [2.24, 2.45) is 0 Å². The van der Waals surface area contributed by atoms with Crippen molar-refractivity contribution in [2.75, 3.05) is 52.3 Å². The molecule has 0 unspecified atom stereocenters. The van der Waals surface area contributed by atoms with Crippen molar-refractivity contribution < 1.29 is 14.3 Å². The molecule has 1 aliphatic rings. The highest BCUT2D eigenvalue weighted by atomic mass is 16.5. The van der Waals surface area contributed by atoms with E-state index in [-0.39, 0.29) is 5.91 Å². The molecule has 1 N–H and O–H groups in total. The second-order valence-corrected chi connectivity index (χ2v) is 7.80. The van der Waals surface area contributed by atoms with Crippen LogP contribution in [0.5, 0.6) is 11.5 Å². The van der Waals surface area contributed by atoms with Crippen molar-refractivity contribution in [3.05, 3.63) is 66.2 Å². The van der Waals surface area contributed by atoms with Gasteiger partial charge in [0.05, 0.1) is 20.8 Å². The first-order valence-corrected chi connectivity index (χ1v) is 10.6. The Balaban J connectivity index is 1.31. The fraction of sp³-hybridized carbons (Fsp3) is 0.320. The number of benzene rings is 3. The fourth-order valence-corrected chi connectivity index (χ4v) is 4.08. The number of anilines is 1. The van der Waals surface area contributed by atoms with Gasteiger partial charge in [-0.15, -0.1) is 0 Å². The average Bonchev–Trinajstić information content (AvgIpc) is 2.80. The maximum atomic E-state index is 12.7. The molecule has 31 heavy (non-hydrogen) atoms. The summed E-state index contributed by atoms with van der Waals surface area (Å²) in [5.74, 6) is 1.73. The van der Waals surface area contributed by atoms with Crippen LogP contribution >= 0.6 is 0 Å². The first-order chi connectivity index (χ1) is 15.2. The molecule has 0 saturated carbocycles. The number of hydrogen-bond donors (Lipinski definition) is 1. The van der Waals surface area contributed by atoms with Gasteiger partial charge in [-0.25, -0.2) is 0 Å². The number of fused-ring (bicyclic) bond motifs is 1. The van der Waals surface area contributed by atoms with E-state index in [1.54, 1.807) is 14.2 Å². The van der Waals surface area contributed by atoms with Crippen LogP contribution < -0.4 is 14.8 Å². The van der Waals surface area contributed by atoms with Crippen molar-refractivity contribution >= 4 is 22.4 Å². The van der Waals surface area contributed by atoms with Gasteiger partial charge < -0.3 is 14.8 Å². The van der Waals surface area contributed by atoms with Crippen LogP contribution in [-0.4, -0.2) is 62.7 Å². The maximum Gasteiger partial charge on any atom is 0.238 e. The quantitative estimate of drug-likeness (QED) is 0.634. The predicted molar refractivity (Wildman–Crippen MR) is 124 cm³/mol. The number of amides is 1. The molecule has 1 aliphatic heterocycles. The van der Waals surface area contributed by atoms with Gasteiger partial charge in [0.25, 0.3) is 0 Å². The van der Waals surface area contributed by atoms with E-state index in [2.05, 4.69) is 27.2 Å². The van der Waals surface area contributed by atoms with Gasteiger partial charge in [-0.1, -0.05) is 36.4 Å². The van der Waals surface area contributed by atoms with Gasteiger partial charge in [0.15, 0.2) is 0 Å². The number of piperazine rings is 1. The lowest BCUT2D eigenvalue weighted by atomic mass is 10.1. The fourth-order valence-electron chi connectivity index (χ4n) is 4.08. The van der Waals surface area contributed by atoms with Crippen LogP contribution in [0.1, 0.15) is 5.56 Å². The van der Waals surface area contributed by atoms with E-state index in [1.807, 2.05) is 48.5 Å². The predicted octanol–water partition coefficient (Wildman–Crippen LogP) is 3.61. The van der Waals surface area contributed by atoms with Crippen LogP contribution in [0.3, 0.4) is 0 Å². The average molecular weight is 420 g/mol. The molecule has 1 heterocycles. The number of hydrogen-bond acceptors (Lipinski definition) is 5. The van der Waals surface area contributed by atoms with Crippen molar-refractivity contribution in [1.82, 2.24) is 9.80 Å². The Bertz CT molecular complexity index is 1040. The smallest absolute Gasteiger partial charge is 0.238 e. The van der Waals surface area contributed by atoms with Crippen LogP contribution in [0.4, 0.5) is 5.69 Å². The normalized spacial score (nSPS) is 15.0. The third-order valence-corrected chi connectivity index (χ3v) is 5.78. The lowest BCUT2D eigenvalue weighted by Crippen LogP contribution is -2.48. The first kappa shape index (κ1) is 21.2. The molecule has 0 radical (unpaired) electrons. The number of methoxy groups -OCH3 is 2. The van der Waals surface area contributed by atoms with E-state index >= 15 is 0 Å². The minimum absolute atomic E-state index is 0.0271. The lowest BCUT2D eigenvalue weighted by Gasteiger charge is -2.34. The van der Waals surface area contributed by atoms with Gasteiger partial charge in [-0.3, -0.25) is 14.6 Å². The maximum absolute atomic E-state index is 12.7. The topological polar surface area (TPSA) is 54.0 Å². The summed E-state index contributed by atoms with van der Waals surface area (Å²) in [6.07, 6.45) is 0. The Morgan fingerprint density at radius 1 is 0.903 bits per heavy atom. The molecule has 1 saturated heterocycles. The minimum atomic E-state index is 0.0271. The zero-order valence-electron chi connectivity index (χ0n) is 18.1. The highest BCUT2D eigenvalue weighted by Crippen LogP contribution is 2.26. The van der Waals surface area contributed by atoms with Gasteiger partial charge in [0.1, 0.15) is 11.5 Å². The third kappa shape index (κ3) is 5.16. The van der Waals surface area contributed by atoms with Gasteiger partial charge in [0.2, 0.25) is 5.91 Å². The SMILES string of the molecule is COc1ccc(OC)c(CN2CCN(CC(=O)Nc3cccc4ccccc34)CC2)c1. The van der Waals surface area contributed by atoms with Crippen molar-refractivity contribution in [2.45, 2.75) is 6.54 Å². The molecule has 3 aromatic carbocycles. The summed E-state index contributed by atoms with van der Waals surface area (Å²) in [6.45, 7) is 4.73. The summed E-state index contributed by atoms with van der Waals surface area (Å²) >= 11 is 0. The third-order valence-electron chi connectivity index (χ3n) is 5.78. The Morgan fingerprint density at radius 2 is 1.65 bits per heavy atom. The number of ether oxygens (including phenoxy) is 2. The largest absolute Gasteiger partial charge is 0.497 e. The zero-order chi connectivity index (χ0) is 21.6. The highest BCUT2D eigenvalue weighted by molar-refractivity contribution is 6.02. The van der Waals surface area contributed by atoms with E-state index < -0.39 is 0 Å². The molecule has 1 amide bonds. The molecule has 6 nitrogen and oxygen atoms in total. The summed E-state index contributed by atoms with van der Waals surface area (Å²) < 4.78 is 10.9. The second-order valence-electron chi connectivity index (χ2n) is 7.80. The Kier molecular flexibility index (Phi) is 6.70. The van der Waals surface area contributed by atoms with Gasteiger partial charge in [0, 0.05) is 49.4 Å². The molecule has 1 fully saturated rings. The van der Waals surface area contributed by atoms with Crippen LogP contribution in [-0.2, 0) is 11.3 Å². The van der Waals surface area contributed by atoms with E-state index in [9.17, 15) is 4.79 Å². The van der Waals surface area contributed by atoms with Gasteiger partial charge in [-0.2, -0.15) is 0 Å². The highest BCUT2D eigenvalue weighted by Gasteiger charge is 2.20. The summed E-state index contributed by atoms with van der Waals surface area (Å²) in [6, 6.07) is 20.0. The molecule has 0 spiro atoms. The Labute approximate surface area is 183 Å². The van der Waals surface area contributed by atoms with Gasteiger partial charge in [-0.05, 0) is 29.7 Å². The van der Waals surface area contributed by atoms with Crippen LogP contribution in [0.25, 0.3) is 10.8 Å². The van der Waals surface area contributed by atoms with Crippen molar-refractivity contribution in [1.29, 1.82) is 0 Å². The Hall–Kier alpha value is -3.09. The van der Waals surface area contributed by atoms with Gasteiger partial charge >= 0.3 is 0 Å². The van der Waals surface area contributed by atoms with Crippen LogP contribution in [0.2, 0.25) is 0 Å². The molecule has 162 valence electrons. The second kappa shape index (κ2) is 9.81. The zero-order valence-corrected chi connectivity index (χ0v) is 18.1. The summed E-state index contributed by atoms with van der Waals surface area (Å²) in [7, 11) is 3.37. The summed E-state index contributed by atoms with van der Waals surface area (Å²) in [4.78, 5) is 17.2. The molecule has 3 aromatic rings. The monoisotopic (exact) mass is 419 g/mol. The van der Waals surface area contributed by atoms with Crippen molar-refractivity contribution in [3.8, 4) is 11.5 Å². The van der Waals surface area contributed by atoms with Crippen LogP contribution in [0.15, 0.2) is 60.7 Å². The Morgan fingerprint density at radius 3 is 2.42 bits per heavy atom. The summed E-state index contributed by atoms with van der Waals surface area (Å²) in [5, 5.41) is 5.28. The molecular formula is C25H29N3O3. The number of nitrogens with zero attached hydrogens (tertiary/aromatic N) is 2. The standard InChI is InChI=1S/C25H29N3O3/c1-30-21-10-11-24(31-2)20(16-21)17-27-12-14-28(15-13-27)18-25(29)26-23-9-5-7-19-6-3-4-8-22(19)23/h3-11,16H,12-15,17-18H2,1-2H3,(H,26,29). The summed E-state index contributed by atoms with van der Waals surface area (Å²) in [5.41, 5.74) is 1.98. The van der Waals surface area contributed by atoms with E-state index in [0.717, 1.165) is 66.2 Å². The number of rotatable bonds is 7. The number of carbonyl (C=O) groups excluding carboxylic acids is 1. The van der Waals surface area contributed by atoms with Crippen LogP contribution in [0, 0.1) is 0 Å². The molecule has 4 rings (SSSR count). The minimum Gasteiger partial charge on any atom is -0.497 e. The molecule has 0 atom stereocenters.